The fourth-order valence-electron chi connectivity index (χ4n) is 2.98. The third kappa shape index (κ3) is 5.64. The van der Waals surface area contributed by atoms with Crippen LogP contribution >= 0.6 is 0 Å². The lowest BCUT2D eigenvalue weighted by Crippen LogP contribution is -2.11. The van der Waals surface area contributed by atoms with Crippen LogP contribution in [-0.2, 0) is 16.7 Å². The van der Waals surface area contributed by atoms with Gasteiger partial charge in [-0.15, -0.1) is 0 Å². The molecule has 0 saturated carbocycles. The number of benzene rings is 3. The molecule has 31 heavy (non-hydrogen) atoms. The zero-order valence-electron chi connectivity index (χ0n) is 17.7. The smallest absolute Gasteiger partial charge is 0.339 e. The number of anilines is 1. The summed E-state index contributed by atoms with van der Waals surface area (Å²) in [6.45, 7) is 4.10. The van der Waals surface area contributed by atoms with Crippen molar-refractivity contribution in [3.05, 3.63) is 83.4 Å². The summed E-state index contributed by atoms with van der Waals surface area (Å²) < 4.78 is 35.7. The van der Waals surface area contributed by atoms with Crippen molar-refractivity contribution >= 4 is 21.6 Å². The van der Waals surface area contributed by atoms with Gasteiger partial charge in [0, 0.05) is 30.3 Å². The summed E-state index contributed by atoms with van der Waals surface area (Å²) in [7, 11) is -2.38. The fraction of sp³-hybridized carbons (Fsp3) is 0.208. The molecule has 0 atom stereocenters. The molecule has 0 aliphatic rings. The number of ether oxygens (including phenoxy) is 1. The highest BCUT2D eigenvalue weighted by molar-refractivity contribution is 7.87. The van der Waals surface area contributed by atoms with Gasteiger partial charge < -0.3 is 14.2 Å². The number of rotatable bonds is 9. The Morgan fingerprint density at radius 1 is 0.935 bits per heavy atom. The average molecular weight is 440 g/mol. The molecule has 6 nitrogen and oxygen atoms in total. The van der Waals surface area contributed by atoms with E-state index in [1.165, 1.54) is 24.3 Å². The zero-order chi connectivity index (χ0) is 22.4. The van der Waals surface area contributed by atoms with Gasteiger partial charge in [-0.25, -0.2) is 0 Å². The van der Waals surface area contributed by atoms with Gasteiger partial charge in [0.05, 0.1) is 7.11 Å². The van der Waals surface area contributed by atoms with Gasteiger partial charge in [0.1, 0.15) is 16.4 Å². The van der Waals surface area contributed by atoms with E-state index in [-0.39, 0.29) is 16.4 Å². The van der Waals surface area contributed by atoms with Gasteiger partial charge in [-0.2, -0.15) is 8.42 Å². The van der Waals surface area contributed by atoms with E-state index in [0.29, 0.717) is 24.2 Å². The minimum absolute atomic E-state index is 0.0508. The number of ketones is 1. The van der Waals surface area contributed by atoms with Crippen molar-refractivity contribution in [1.29, 1.82) is 0 Å². The van der Waals surface area contributed by atoms with Crippen LogP contribution in [0, 0.1) is 6.92 Å². The van der Waals surface area contributed by atoms with Crippen molar-refractivity contribution in [3.8, 4) is 11.5 Å². The monoisotopic (exact) mass is 439 g/mol. The van der Waals surface area contributed by atoms with Crippen LogP contribution < -0.4 is 14.2 Å². The minimum atomic E-state index is -3.99. The molecule has 3 rings (SSSR count). The Balaban J connectivity index is 1.85. The number of carbonyl (C=O) groups is 1. The molecule has 0 bridgehead atoms. The van der Waals surface area contributed by atoms with E-state index in [1.807, 2.05) is 31.2 Å². The Hall–Kier alpha value is -3.32. The van der Waals surface area contributed by atoms with Crippen molar-refractivity contribution < 1.29 is 22.1 Å². The highest BCUT2D eigenvalue weighted by Crippen LogP contribution is 2.27. The quantitative estimate of drug-likeness (QED) is 0.374. The van der Waals surface area contributed by atoms with Crippen molar-refractivity contribution in [2.24, 2.45) is 0 Å². The summed E-state index contributed by atoms with van der Waals surface area (Å²) >= 11 is 0. The molecule has 0 saturated heterocycles. The zero-order valence-corrected chi connectivity index (χ0v) is 18.5. The van der Waals surface area contributed by atoms with E-state index in [2.05, 4.69) is 5.32 Å². The Labute approximate surface area is 183 Å². The summed E-state index contributed by atoms with van der Waals surface area (Å²) in [5, 5.41) is 3.22. The van der Waals surface area contributed by atoms with Crippen molar-refractivity contribution in [1.82, 2.24) is 0 Å². The Bertz CT molecular complexity index is 1150. The first-order valence-corrected chi connectivity index (χ1v) is 11.3. The fourth-order valence-corrected chi connectivity index (χ4v) is 3.90. The van der Waals surface area contributed by atoms with Crippen LogP contribution in [0.25, 0.3) is 0 Å². The standard InChI is InChI=1S/C24H25NO5S/c1-4-24(26)22-14-11-20(30-31(27,28)21-12-5-17(2)6-13-21)15-23(22)25-16-18-7-9-19(29-3)10-8-18/h5-15,25H,4,16H2,1-3H3. The van der Waals surface area contributed by atoms with Crippen molar-refractivity contribution in [2.75, 3.05) is 12.4 Å². The lowest BCUT2D eigenvalue weighted by Gasteiger charge is -2.14. The molecule has 7 heteroatoms. The maximum absolute atomic E-state index is 12.6. The number of nitrogens with one attached hydrogen (secondary N) is 1. The number of Topliss-reactive ketones (excluding diaryl/α,β-unsaturated/α-hetero) is 1. The van der Waals surface area contributed by atoms with E-state index >= 15 is 0 Å². The summed E-state index contributed by atoms with van der Waals surface area (Å²) in [6, 6.07) is 18.6. The third-order valence-corrected chi connectivity index (χ3v) is 6.03. The maximum Gasteiger partial charge on any atom is 0.339 e. The van der Waals surface area contributed by atoms with Crippen molar-refractivity contribution in [2.45, 2.75) is 31.7 Å². The molecular weight excluding hydrogens is 414 g/mol. The van der Waals surface area contributed by atoms with Crippen molar-refractivity contribution in [3.63, 3.8) is 0 Å². The summed E-state index contributed by atoms with van der Waals surface area (Å²) in [4.78, 5) is 12.4. The molecule has 0 radical (unpaired) electrons. The first-order valence-electron chi connectivity index (χ1n) is 9.87. The largest absolute Gasteiger partial charge is 0.497 e. The second kappa shape index (κ2) is 9.66. The molecular formula is C24H25NO5S. The van der Waals surface area contributed by atoms with Gasteiger partial charge in [-0.1, -0.05) is 36.8 Å². The molecule has 0 aliphatic heterocycles. The minimum Gasteiger partial charge on any atom is -0.497 e. The van der Waals surface area contributed by atoms with Crippen LogP contribution in [0.3, 0.4) is 0 Å². The predicted octanol–water partition coefficient (Wildman–Crippen LogP) is 4.98. The molecule has 0 aliphatic carbocycles. The number of methoxy groups -OCH3 is 1. The number of hydrogen-bond donors (Lipinski definition) is 1. The van der Waals surface area contributed by atoms with Crippen LogP contribution in [-0.4, -0.2) is 21.3 Å². The molecule has 3 aromatic rings. The van der Waals surface area contributed by atoms with Gasteiger partial charge in [-0.3, -0.25) is 4.79 Å². The Morgan fingerprint density at radius 3 is 2.19 bits per heavy atom. The van der Waals surface area contributed by atoms with Crippen LogP contribution in [0.5, 0.6) is 11.5 Å². The van der Waals surface area contributed by atoms with Gasteiger partial charge in [0.2, 0.25) is 0 Å². The lowest BCUT2D eigenvalue weighted by molar-refractivity contribution is 0.0989. The normalized spacial score (nSPS) is 11.1. The van der Waals surface area contributed by atoms with E-state index < -0.39 is 10.1 Å². The Morgan fingerprint density at radius 2 is 1.58 bits per heavy atom. The summed E-state index contributed by atoms with van der Waals surface area (Å²) in [5.74, 6) is 0.831. The third-order valence-electron chi connectivity index (χ3n) is 4.77. The van der Waals surface area contributed by atoms with Gasteiger partial charge >= 0.3 is 10.1 Å². The van der Waals surface area contributed by atoms with Crippen LogP contribution in [0.15, 0.2) is 71.6 Å². The van der Waals surface area contributed by atoms with Gasteiger partial charge in [0.25, 0.3) is 0 Å². The number of hydrogen-bond acceptors (Lipinski definition) is 6. The van der Waals surface area contributed by atoms with E-state index in [0.717, 1.165) is 16.9 Å². The number of carbonyl (C=O) groups excluding carboxylic acids is 1. The van der Waals surface area contributed by atoms with E-state index in [4.69, 9.17) is 8.92 Å². The second-order valence-electron chi connectivity index (χ2n) is 7.04. The van der Waals surface area contributed by atoms with Crippen LogP contribution in [0.1, 0.15) is 34.8 Å². The van der Waals surface area contributed by atoms with Crippen LogP contribution in [0.4, 0.5) is 5.69 Å². The highest BCUT2D eigenvalue weighted by atomic mass is 32.2. The maximum atomic E-state index is 12.6. The molecule has 0 fully saturated rings. The molecule has 0 spiro atoms. The lowest BCUT2D eigenvalue weighted by atomic mass is 10.1. The average Bonchev–Trinajstić information content (AvgIpc) is 2.77. The van der Waals surface area contributed by atoms with E-state index in [1.54, 1.807) is 32.2 Å². The first kappa shape index (κ1) is 22.4. The topological polar surface area (TPSA) is 81.7 Å². The summed E-state index contributed by atoms with van der Waals surface area (Å²) in [5.41, 5.74) is 2.93. The van der Waals surface area contributed by atoms with Crippen LogP contribution in [0.2, 0.25) is 0 Å². The first-order chi connectivity index (χ1) is 14.8. The molecule has 0 amide bonds. The SMILES string of the molecule is CCC(=O)c1ccc(OS(=O)(=O)c2ccc(C)cc2)cc1NCc1ccc(OC)cc1. The molecule has 3 aromatic carbocycles. The predicted molar refractivity (Wildman–Crippen MR) is 120 cm³/mol. The highest BCUT2D eigenvalue weighted by Gasteiger charge is 2.18. The molecule has 0 heterocycles. The van der Waals surface area contributed by atoms with E-state index in [9.17, 15) is 13.2 Å². The molecule has 0 aromatic heterocycles. The second-order valence-corrected chi connectivity index (χ2v) is 8.58. The number of aryl methyl sites for hydroxylation is 1. The Kier molecular flexibility index (Phi) is 6.97. The summed E-state index contributed by atoms with van der Waals surface area (Å²) in [6.07, 6.45) is 0.332. The van der Waals surface area contributed by atoms with Gasteiger partial charge in [0.15, 0.2) is 5.78 Å². The molecule has 1 N–H and O–H groups in total. The molecule has 162 valence electrons. The van der Waals surface area contributed by atoms with Gasteiger partial charge in [-0.05, 0) is 48.9 Å². The molecule has 0 unspecified atom stereocenters.